The molecule has 0 aromatic heterocycles. The third-order valence-corrected chi connectivity index (χ3v) is 19.1. The molecule has 0 N–H and O–H groups in total. The van der Waals surface area contributed by atoms with Crippen molar-refractivity contribution >= 4 is 0 Å². The van der Waals surface area contributed by atoms with E-state index in [0.29, 0.717) is 13.0 Å². The zero-order chi connectivity index (χ0) is 73.4. The summed E-state index contributed by atoms with van der Waals surface area (Å²) in [6.07, 6.45) is -12.6. The Labute approximate surface area is 635 Å². The van der Waals surface area contributed by atoms with Crippen molar-refractivity contribution in [2.45, 2.75) is 165 Å². The zero-order valence-electron chi connectivity index (χ0n) is 61.0. The van der Waals surface area contributed by atoms with Gasteiger partial charge in [0.25, 0.3) is 0 Å². The fourth-order valence-corrected chi connectivity index (χ4v) is 13.6. The van der Waals surface area contributed by atoms with Crippen molar-refractivity contribution in [2.24, 2.45) is 0 Å². The van der Waals surface area contributed by atoms with E-state index < -0.39 is 92.1 Å². The second-order valence-corrected chi connectivity index (χ2v) is 27.1. The average Bonchev–Trinajstić information content (AvgIpc) is 0.763. The first-order chi connectivity index (χ1) is 53.5. The lowest BCUT2D eigenvalue weighted by molar-refractivity contribution is -0.395. The normalized spacial score (nSPS) is 24.2. The van der Waals surface area contributed by atoms with E-state index >= 15 is 0 Å². The minimum absolute atomic E-state index is 0.0339. The smallest absolute Gasteiger partial charge is 0.187 e. The van der Waals surface area contributed by atoms with Crippen molar-refractivity contribution in [3.8, 4) is 0 Å². The summed E-state index contributed by atoms with van der Waals surface area (Å²) in [6, 6.07) is 100. The number of hydrogen-bond acceptors (Lipinski definition) is 16. The molecule has 3 aliphatic heterocycles. The fourth-order valence-electron chi connectivity index (χ4n) is 13.6. The lowest BCUT2D eigenvalue weighted by atomic mass is 9.95. The molecule has 0 unspecified atom stereocenters. The minimum atomic E-state index is -1.30. The molecule has 13 rings (SSSR count). The van der Waals surface area contributed by atoms with Crippen LogP contribution in [0.25, 0.3) is 0 Å². The van der Waals surface area contributed by atoms with E-state index in [-0.39, 0.29) is 85.9 Å². The Bertz CT molecular complexity index is 4070. The maximum absolute atomic E-state index is 7.92. The number of ether oxygens (including phenoxy) is 16. The summed E-state index contributed by atoms with van der Waals surface area (Å²) in [5.41, 5.74) is 9.39. The van der Waals surface area contributed by atoms with Gasteiger partial charge in [-0.15, -0.1) is 6.58 Å². The number of benzene rings is 10. The highest BCUT2D eigenvalue weighted by molar-refractivity contribution is 5.22. The molecule has 0 bridgehead atoms. The molecule has 10 aromatic carbocycles. The lowest BCUT2D eigenvalue weighted by Crippen LogP contribution is -2.68. The molecule has 108 heavy (non-hydrogen) atoms. The average molecular weight is 1460 g/mol. The van der Waals surface area contributed by atoms with Crippen molar-refractivity contribution in [1.82, 2.24) is 0 Å². The van der Waals surface area contributed by atoms with Crippen LogP contribution in [0, 0.1) is 0 Å². The SMILES string of the molecule is C=CCCO[C@@H]1O[C@H](COCc2ccccc2)[C@@H](O[C@@H]2O[C@H](COCc3ccccc3)[C@H](O[C@@H]3O[C@H](COCc4ccccc4)[C@H](OCc4ccccc4)[C@H](OCc4ccccc4)[C@H]3OCc3ccccc3)[C@H](OCc3ccccc3)[C@H]2OCc2ccccc2)[C@H](OCc2ccccc2)[C@H]1OCc1ccccc1. The van der Waals surface area contributed by atoms with E-state index in [1.165, 1.54) is 0 Å². The van der Waals surface area contributed by atoms with E-state index in [9.17, 15) is 0 Å². The predicted octanol–water partition coefficient (Wildman–Crippen LogP) is 16.3. The van der Waals surface area contributed by atoms with Gasteiger partial charge in [0.1, 0.15) is 73.2 Å². The third-order valence-electron chi connectivity index (χ3n) is 19.1. The summed E-state index contributed by atoms with van der Waals surface area (Å²) in [4.78, 5) is 0. The van der Waals surface area contributed by atoms with Crippen LogP contribution in [0.3, 0.4) is 0 Å². The topological polar surface area (TPSA) is 148 Å². The van der Waals surface area contributed by atoms with Gasteiger partial charge < -0.3 is 75.8 Å². The first kappa shape index (κ1) is 77.5. The monoisotopic (exact) mass is 1460 g/mol. The minimum Gasteiger partial charge on any atom is -0.374 e. The molecule has 0 saturated carbocycles. The van der Waals surface area contributed by atoms with Crippen LogP contribution >= 0.6 is 0 Å². The van der Waals surface area contributed by atoms with Crippen LogP contribution in [0.15, 0.2) is 316 Å². The summed E-state index contributed by atoms with van der Waals surface area (Å²) in [7, 11) is 0. The molecule has 3 saturated heterocycles. The number of hydrogen-bond donors (Lipinski definition) is 0. The van der Waals surface area contributed by atoms with Crippen molar-refractivity contribution in [2.75, 3.05) is 26.4 Å². The molecule has 3 aliphatic rings. The van der Waals surface area contributed by atoms with Crippen molar-refractivity contribution in [3.63, 3.8) is 0 Å². The molecule has 16 heteroatoms. The Kier molecular flexibility index (Phi) is 30.3. The predicted molar refractivity (Wildman–Crippen MR) is 410 cm³/mol. The van der Waals surface area contributed by atoms with Crippen LogP contribution in [0.1, 0.15) is 62.1 Å². The zero-order valence-corrected chi connectivity index (χ0v) is 61.0. The maximum atomic E-state index is 7.92. The van der Waals surface area contributed by atoms with Gasteiger partial charge in [-0.25, -0.2) is 0 Å². The Hall–Kier alpha value is -8.70. The quantitative estimate of drug-likeness (QED) is 0.0264. The van der Waals surface area contributed by atoms with Crippen LogP contribution in [0.2, 0.25) is 0 Å². The van der Waals surface area contributed by atoms with E-state index in [0.717, 1.165) is 55.6 Å². The van der Waals surface area contributed by atoms with Gasteiger partial charge in [0.05, 0.1) is 92.5 Å². The van der Waals surface area contributed by atoms with E-state index in [4.69, 9.17) is 75.8 Å². The molecule has 10 aromatic rings. The van der Waals surface area contributed by atoms with E-state index in [1.54, 1.807) is 0 Å². The Morgan fingerprint density at radius 1 is 0.222 bits per heavy atom. The molecule has 0 spiro atoms. The molecule has 0 aliphatic carbocycles. The summed E-state index contributed by atoms with van der Waals surface area (Å²) < 4.78 is 117. The Morgan fingerprint density at radius 3 is 0.685 bits per heavy atom. The number of rotatable bonds is 41. The van der Waals surface area contributed by atoms with Crippen LogP contribution in [0.5, 0.6) is 0 Å². The van der Waals surface area contributed by atoms with Crippen LogP contribution in [0.4, 0.5) is 0 Å². The molecule has 562 valence electrons. The lowest BCUT2D eigenvalue weighted by Gasteiger charge is -2.52. The molecule has 16 nitrogen and oxygen atoms in total. The van der Waals surface area contributed by atoms with E-state index in [2.05, 4.69) is 6.58 Å². The Balaban J connectivity index is 0.941. The van der Waals surface area contributed by atoms with Gasteiger partial charge in [-0.2, -0.15) is 0 Å². The summed E-state index contributed by atoms with van der Waals surface area (Å²) in [5, 5.41) is 0. The van der Waals surface area contributed by atoms with Crippen molar-refractivity contribution in [3.05, 3.63) is 372 Å². The fraction of sp³-hybridized carbons (Fsp3) is 0.326. The molecule has 3 fully saturated rings. The maximum Gasteiger partial charge on any atom is 0.187 e. The Morgan fingerprint density at radius 2 is 0.426 bits per heavy atom. The second-order valence-electron chi connectivity index (χ2n) is 27.1. The highest BCUT2D eigenvalue weighted by atomic mass is 16.8. The molecule has 3 heterocycles. The molecule has 15 atom stereocenters. The third kappa shape index (κ3) is 23.2. The standard InChI is InChI=1S/C92H98O16/c1-2-3-54-96-90-87(101-62-75-48-28-11-29-49-75)85(99-60-73-44-24-9-25-45-73)82(79(104-90)66-94-56-69-36-16-5-17-37-69)107-92-89(103-64-77-52-32-13-33-53-77)86(100-61-74-46-26-10-27-47-74)83(80(106-92)67-95-57-70-38-18-6-19-39-70)108-91-88(102-63-76-50-30-12-31-51-76)84(98-59-72-42-22-8-23-43-72)81(97-58-71-40-20-7-21-41-71)78(105-91)65-93-55-68-34-14-4-15-35-68/h2,4-53,78-92H,1,3,54-67H2/t78-,79-,80-,81+,82-,83+,84+,85+,86+,87-,88-,89-,90-,91+,92+/m1/s1. The highest BCUT2D eigenvalue weighted by Crippen LogP contribution is 2.40. The van der Waals surface area contributed by atoms with Crippen LogP contribution in [-0.4, -0.2) is 119 Å². The van der Waals surface area contributed by atoms with Gasteiger partial charge in [-0.3, -0.25) is 0 Å². The first-order valence-electron chi connectivity index (χ1n) is 37.5. The van der Waals surface area contributed by atoms with Crippen LogP contribution in [-0.2, 0) is 142 Å². The molecular formula is C92H98O16. The van der Waals surface area contributed by atoms with Gasteiger partial charge in [0.2, 0.25) is 0 Å². The van der Waals surface area contributed by atoms with Gasteiger partial charge in [0, 0.05) is 0 Å². The van der Waals surface area contributed by atoms with Gasteiger partial charge in [-0.1, -0.05) is 309 Å². The van der Waals surface area contributed by atoms with Gasteiger partial charge >= 0.3 is 0 Å². The van der Waals surface area contributed by atoms with Crippen molar-refractivity contribution < 1.29 is 75.8 Å². The first-order valence-corrected chi connectivity index (χ1v) is 37.5. The van der Waals surface area contributed by atoms with Crippen molar-refractivity contribution in [1.29, 1.82) is 0 Å². The largest absolute Gasteiger partial charge is 0.374 e. The van der Waals surface area contributed by atoms with Gasteiger partial charge in [0.15, 0.2) is 18.9 Å². The molecule has 0 radical (unpaired) electrons. The van der Waals surface area contributed by atoms with Crippen LogP contribution < -0.4 is 0 Å². The van der Waals surface area contributed by atoms with E-state index in [1.807, 2.05) is 309 Å². The molecular weight excluding hydrogens is 1360 g/mol. The highest BCUT2D eigenvalue weighted by Gasteiger charge is 2.57. The summed E-state index contributed by atoms with van der Waals surface area (Å²) >= 11 is 0. The van der Waals surface area contributed by atoms with Gasteiger partial charge in [-0.05, 0) is 62.1 Å². The summed E-state index contributed by atoms with van der Waals surface area (Å²) in [6.45, 7) is 6.32. The second kappa shape index (κ2) is 42.3. The summed E-state index contributed by atoms with van der Waals surface area (Å²) in [5.74, 6) is 0. The molecule has 0 amide bonds.